The standard InChI is InChI=1S/C20H19BN2O4S2/c24-19(9-10-23-15-6-2-4-8-17(15)29-20(23)25)22-18(21(26)27)11-13-12-28-16-7-3-1-5-14(13)16/h1-8,12,18,26-27H,9-11H2,(H,22,24)/t18-/m0/s1. The van der Waals surface area contributed by atoms with Crippen LogP contribution in [0.1, 0.15) is 12.0 Å². The summed E-state index contributed by atoms with van der Waals surface area (Å²) >= 11 is 2.73. The van der Waals surface area contributed by atoms with Gasteiger partial charge in [0.2, 0.25) is 5.91 Å². The van der Waals surface area contributed by atoms with Crippen LogP contribution in [-0.2, 0) is 17.8 Å². The number of aromatic nitrogens is 1. The Balaban J connectivity index is 1.44. The molecule has 3 N–H and O–H groups in total. The van der Waals surface area contributed by atoms with E-state index in [0.717, 1.165) is 37.2 Å². The fourth-order valence-corrected chi connectivity index (χ4v) is 5.27. The summed E-state index contributed by atoms with van der Waals surface area (Å²) in [4.78, 5) is 24.5. The zero-order valence-corrected chi connectivity index (χ0v) is 17.1. The molecule has 0 fully saturated rings. The van der Waals surface area contributed by atoms with Crippen LogP contribution in [0.25, 0.3) is 20.3 Å². The molecule has 2 aromatic carbocycles. The quantitative estimate of drug-likeness (QED) is 0.396. The van der Waals surface area contributed by atoms with Crippen LogP contribution < -0.4 is 10.2 Å². The largest absolute Gasteiger partial charge is 0.475 e. The highest BCUT2D eigenvalue weighted by atomic mass is 32.1. The van der Waals surface area contributed by atoms with Gasteiger partial charge < -0.3 is 15.4 Å². The average molecular weight is 426 g/mol. The van der Waals surface area contributed by atoms with Crippen LogP contribution in [0.2, 0.25) is 0 Å². The summed E-state index contributed by atoms with van der Waals surface area (Å²) in [5.74, 6) is -1.15. The van der Waals surface area contributed by atoms with E-state index in [1.807, 2.05) is 53.9 Å². The number of hydrogen-bond donors (Lipinski definition) is 3. The first-order valence-electron chi connectivity index (χ1n) is 9.22. The number of benzene rings is 2. The number of rotatable bonds is 7. The number of nitrogens with zero attached hydrogens (tertiary/aromatic N) is 1. The van der Waals surface area contributed by atoms with Crippen LogP contribution >= 0.6 is 22.7 Å². The molecule has 0 aliphatic heterocycles. The van der Waals surface area contributed by atoms with Gasteiger partial charge in [-0.3, -0.25) is 14.2 Å². The number of carbonyl (C=O) groups excluding carboxylic acids is 1. The van der Waals surface area contributed by atoms with Crippen molar-refractivity contribution in [3.63, 3.8) is 0 Å². The second kappa shape index (κ2) is 8.50. The molecule has 0 saturated carbocycles. The molecule has 0 aliphatic carbocycles. The first kappa shape index (κ1) is 19.8. The first-order chi connectivity index (χ1) is 14.0. The second-order valence-electron chi connectivity index (χ2n) is 6.79. The smallest absolute Gasteiger partial charge is 0.426 e. The zero-order chi connectivity index (χ0) is 20.4. The van der Waals surface area contributed by atoms with Crippen LogP contribution in [-0.4, -0.2) is 33.6 Å². The van der Waals surface area contributed by atoms with Crippen LogP contribution in [0.3, 0.4) is 0 Å². The molecule has 6 nitrogen and oxygen atoms in total. The first-order valence-corrected chi connectivity index (χ1v) is 10.9. The molecule has 1 amide bonds. The predicted octanol–water partition coefficient (Wildman–Crippen LogP) is 2.41. The minimum absolute atomic E-state index is 0.0776. The summed E-state index contributed by atoms with van der Waals surface area (Å²) in [6, 6.07) is 15.3. The Morgan fingerprint density at radius 3 is 2.62 bits per heavy atom. The van der Waals surface area contributed by atoms with Crippen LogP contribution in [0.4, 0.5) is 0 Å². The normalized spacial score (nSPS) is 12.3. The van der Waals surface area contributed by atoms with Crippen LogP contribution in [0.5, 0.6) is 0 Å². The van der Waals surface area contributed by atoms with Gasteiger partial charge >= 0.3 is 12.0 Å². The summed E-state index contributed by atoms with van der Waals surface area (Å²) in [6.45, 7) is 0.240. The van der Waals surface area contributed by atoms with E-state index in [9.17, 15) is 19.6 Å². The number of fused-ring (bicyclic) bond motifs is 2. The van der Waals surface area contributed by atoms with E-state index in [1.165, 1.54) is 0 Å². The molecule has 1 atom stereocenters. The number of hydrogen-bond acceptors (Lipinski definition) is 6. The van der Waals surface area contributed by atoms with E-state index >= 15 is 0 Å². The Morgan fingerprint density at radius 1 is 1.10 bits per heavy atom. The summed E-state index contributed by atoms with van der Waals surface area (Å²) in [6.07, 6.45) is 0.392. The number of carbonyl (C=O) groups is 1. The number of para-hydroxylation sites is 1. The highest BCUT2D eigenvalue weighted by molar-refractivity contribution is 7.17. The molecule has 0 aliphatic rings. The van der Waals surface area contributed by atoms with Crippen molar-refractivity contribution in [1.82, 2.24) is 9.88 Å². The van der Waals surface area contributed by atoms with E-state index < -0.39 is 13.1 Å². The van der Waals surface area contributed by atoms with E-state index in [2.05, 4.69) is 5.32 Å². The lowest BCUT2D eigenvalue weighted by Gasteiger charge is -2.18. The van der Waals surface area contributed by atoms with Gasteiger partial charge in [-0.2, -0.15) is 0 Å². The number of thiophene rings is 1. The third-order valence-electron chi connectivity index (χ3n) is 4.84. The molecule has 9 heteroatoms. The Morgan fingerprint density at radius 2 is 1.83 bits per heavy atom. The molecule has 0 spiro atoms. The Kier molecular flexibility index (Phi) is 5.82. The molecule has 2 heterocycles. The molecule has 4 aromatic rings. The summed E-state index contributed by atoms with van der Waals surface area (Å²) in [7, 11) is -1.68. The SMILES string of the molecule is O=C(CCn1c(=O)sc2ccccc21)N[C@@H](Cc1csc2ccccc12)B(O)O. The molecular weight excluding hydrogens is 407 g/mol. The molecule has 0 radical (unpaired) electrons. The van der Waals surface area contributed by atoms with Gasteiger partial charge in [0.1, 0.15) is 0 Å². The van der Waals surface area contributed by atoms with Crippen molar-refractivity contribution in [2.75, 3.05) is 0 Å². The number of thiazole rings is 1. The second-order valence-corrected chi connectivity index (χ2v) is 8.69. The summed E-state index contributed by atoms with van der Waals surface area (Å²) in [5, 5.41) is 25.2. The van der Waals surface area contributed by atoms with E-state index in [-0.39, 0.29) is 23.7 Å². The topological polar surface area (TPSA) is 91.6 Å². The lowest BCUT2D eigenvalue weighted by atomic mass is 9.76. The maximum Gasteiger partial charge on any atom is 0.475 e. The molecule has 29 heavy (non-hydrogen) atoms. The maximum absolute atomic E-state index is 12.4. The Labute approximate surface area is 175 Å². The van der Waals surface area contributed by atoms with Crippen molar-refractivity contribution in [1.29, 1.82) is 0 Å². The van der Waals surface area contributed by atoms with Crippen molar-refractivity contribution in [2.45, 2.75) is 25.3 Å². The van der Waals surface area contributed by atoms with Gasteiger partial charge in [-0.15, -0.1) is 11.3 Å². The minimum Gasteiger partial charge on any atom is -0.426 e. The molecule has 4 rings (SSSR count). The van der Waals surface area contributed by atoms with Gasteiger partial charge in [0.05, 0.1) is 16.2 Å². The van der Waals surface area contributed by atoms with E-state index in [1.54, 1.807) is 15.9 Å². The van der Waals surface area contributed by atoms with Gasteiger partial charge in [-0.1, -0.05) is 41.7 Å². The number of nitrogens with one attached hydrogen (secondary N) is 1. The molecule has 2 aromatic heterocycles. The average Bonchev–Trinajstić information content (AvgIpc) is 3.26. The van der Waals surface area contributed by atoms with Gasteiger partial charge in [0, 0.05) is 17.7 Å². The summed E-state index contributed by atoms with van der Waals surface area (Å²) < 4.78 is 3.57. The molecule has 0 unspecified atom stereocenters. The lowest BCUT2D eigenvalue weighted by molar-refractivity contribution is -0.121. The van der Waals surface area contributed by atoms with Crippen molar-refractivity contribution < 1.29 is 14.8 Å². The van der Waals surface area contributed by atoms with Crippen molar-refractivity contribution in [2.24, 2.45) is 0 Å². The van der Waals surface area contributed by atoms with E-state index in [4.69, 9.17) is 0 Å². The van der Waals surface area contributed by atoms with Gasteiger partial charge in [0.25, 0.3) is 0 Å². The third kappa shape index (κ3) is 4.28. The third-order valence-corrected chi connectivity index (χ3v) is 6.82. The maximum atomic E-state index is 12.4. The van der Waals surface area contributed by atoms with E-state index in [0.29, 0.717) is 6.42 Å². The zero-order valence-electron chi connectivity index (χ0n) is 15.4. The fourth-order valence-electron chi connectivity index (χ4n) is 3.38. The van der Waals surface area contributed by atoms with Crippen LogP contribution in [0.15, 0.2) is 58.7 Å². The van der Waals surface area contributed by atoms with Crippen molar-refractivity contribution >= 4 is 56.0 Å². The van der Waals surface area contributed by atoms with Gasteiger partial charge in [-0.05, 0) is 40.9 Å². The molecule has 0 saturated heterocycles. The molecule has 0 bridgehead atoms. The number of amides is 1. The van der Waals surface area contributed by atoms with Crippen molar-refractivity contribution in [3.8, 4) is 0 Å². The predicted molar refractivity (Wildman–Crippen MR) is 118 cm³/mol. The van der Waals surface area contributed by atoms with Crippen LogP contribution in [0, 0.1) is 0 Å². The Hall–Kier alpha value is -2.46. The fraction of sp³-hybridized carbons (Fsp3) is 0.200. The minimum atomic E-state index is -1.68. The van der Waals surface area contributed by atoms with Crippen molar-refractivity contribution in [3.05, 3.63) is 69.1 Å². The highest BCUT2D eigenvalue weighted by Gasteiger charge is 2.26. The molecular formula is C20H19BN2O4S2. The lowest BCUT2D eigenvalue weighted by Crippen LogP contribution is -2.48. The van der Waals surface area contributed by atoms with Gasteiger partial charge in [-0.25, -0.2) is 0 Å². The summed E-state index contributed by atoms with van der Waals surface area (Å²) in [5.41, 5.74) is 1.77. The Bertz CT molecular complexity index is 1210. The number of aryl methyl sites for hydroxylation is 1. The molecule has 148 valence electrons. The highest BCUT2D eigenvalue weighted by Crippen LogP contribution is 2.26. The monoisotopic (exact) mass is 426 g/mol. The van der Waals surface area contributed by atoms with Gasteiger partial charge in [0.15, 0.2) is 0 Å².